The zero-order chi connectivity index (χ0) is 14.5. The first-order valence-corrected chi connectivity index (χ1v) is 6.66. The number of hydrogen-bond donors (Lipinski definition) is 1. The van der Waals surface area contributed by atoms with Crippen molar-refractivity contribution in [2.24, 2.45) is 5.92 Å². The van der Waals surface area contributed by atoms with Crippen molar-refractivity contribution in [2.45, 2.75) is 19.8 Å². The predicted octanol–water partition coefficient (Wildman–Crippen LogP) is 0.474. The number of likely N-dealkylation sites (tertiary alicyclic amines) is 1. The Balaban J connectivity index is 1.96. The van der Waals surface area contributed by atoms with Gasteiger partial charge in [-0.15, -0.1) is 0 Å². The number of nitrogen functional groups attached to an aromatic ring is 1. The number of esters is 1. The molecule has 1 amide bonds. The largest absolute Gasteiger partial charge is 0.466 e. The number of hydrogen-bond acceptors (Lipinski definition) is 6. The number of aromatic nitrogens is 2. The third-order valence-corrected chi connectivity index (χ3v) is 3.33. The van der Waals surface area contributed by atoms with E-state index in [1.54, 1.807) is 11.8 Å². The minimum absolute atomic E-state index is 0.127. The molecule has 1 fully saturated rings. The van der Waals surface area contributed by atoms with E-state index in [9.17, 15) is 9.59 Å². The maximum atomic E-state index is 12.3. The highest BCUT2D eigenvalue weighted by Crippen LogP contribution is 2.20. The fourth-order valence-corrected chi connectivity index (χ4v) is 2.24. The molecule has 0 saturated carbocycles. The van der Waals surface area contributed by atoms with Gasteiger partial charge in [-0.1, -0.05) is 0 Å². The summed E-state index contributed by atoms with van der Waals surface area (Å²) in [5.74, 6) is -0.417. The first kappa shape index (κ1) is 14.2. The molecular weight excluding hydrogens is 260 g/mol. The molecule has 0 radical (unpaired) electrons. The third kappa shape index (κ3) is 3.04. The molecule has 1 aliphatic rings. The molecule has 0 aliphatic carbocycles. The summed E-state index contributed by atoms with van der Waals surface area (Å²) in [7, 11) is 0. The molecular formula is C13H18N4O3. The van der Waals surface area contributed by atoms with Crippen LogP contribution in [-0.4, -0.2) is 46.4 Å². The quantitative estimate of drug-likeness (QED) is 0.807. The summed E-state index contributed by atoms with van der Waals surface area (Å²) < 4.78 is 5.00. The van der Waals surface area contributed by atoms with Crippen LogP contribution in [0.4, 0.5) is 5.82 Å². The number of carbonyl (C=O) groups excluding carboxylic acids is 2. The number of carbonyl (C=O) groups is 2. The summed E-state index contributed by atoms with van der Waals surface area (Å²) >= 11 is 0. The van der Waals surface area contributed by atoms with Crippen LogP contribution in [0.1, 0.15) is 30.3 Å². The zero-order valence-corrected chi connectivity index (χ0v) is 11.4. The second-order valence-electron chi connectivity index (χ2n) is 4.61. The van der Waals surface area contributed by atoms with Crippen molar-refractivity contribution in [2.75, 3.05) is 25.4 Å². The van der Waals surface area contributed by atoms with Crippen LogP contribution in [-0.2, 0) is 9.53 Å². The molecule has 108 valence electrons. The van der Waals surface area contributed by atoms with Crippen LogP contribution in [0, 0.1) is 5.92 Å². The van der Waals surface area contributed by atoms with Crippen molar-refractivity contribution < 1.29 is 14.3 Å². The Labute approximate surface area is 117 Å². The molecule has 7 nitrogen and oxygen atoms in total. The molecule has 0 atom stereocenters. The fraction of sp³-hybridized carbons (Fsp3) is 0.538. The summed E-state index contributed by atoms with van der Waals surface area (Å²) in [6.45, 7) is 3.16. The number of amides is 1. The first-order valence-electron chi connectivity index (χ1n) is 6.66. The highest BCUT2D eigenvalue weighted by molar-refractivity contribution is 5.96. The normalized spacial score (nSPS) is 15.9. The molecule has 2 rings (SSSR count). The molecule has 1 aromatic rings. The maximum absolute atomic E-state index is 12.3. The van der Waals surface area contributed by atoms with Crippen LogP contribution < -0.4 is 5.73 Å². The Morgan fingerprint density at radius 3 is 2.60 bits per heavy atom. The van der Waals surface area contributed by atoms with Crippen LogP contribution in [0.2, 0.25) is 0 Å². The number of rotatable bonds is 3. The monoisotopic (exact) mass is 278 g/mol. The van der Waals surface area contributed by atoms with Crippen LogP contribution in [0.25, 0.3) is 0 Å². The lowest BCUT2D eigenvalue weighted by molar-refractivity contribution is -0.149. The summed E-state index contributed by atoms with van der Waals surface area (Å²) in [4.78, 5) is 33.4. The SMILES string of the molecule is CCOC(=O)C1CCN(C(=O)c2nccnc2N)CC1. The van der Waals surface area contributed by atoms with E-state index in [2.05, 4.69) is 9.97 Å². The second-order valence-corrected chi connectivity index (χ2v) is 4.61. The molecule has 1 aliphatic heterocycles. The van der Waals surface area contributed by atoms with Gasteiger partial charge in [0.15, 0.2) is 11.5 Å². The van der Waals surface area contributed by atoms with Crippen LogP contribution in [0.5, 0.6) is 0 Å². The van der Waals surface area contributed by atoms with Crippen molar-refractivity contribution in [3.63, 3.8) is 0 Å². The summed E-state index contributed by atoms with van der Waals surface area (Å²) in [5, 5.41) is 0. The number of anilines is 1. The van der Waals surface area contributed by atoms with Gasteiger partial charge < -0.3 is 15.4 Å². The molecule has 1 saturated heterocycles. The number of nitrogens with two attached hydrogens (primary N) is 1. The minimum Gasteiger partial charge on any atom is -0.466 e. The van der Waals surface area contributed by atoms with Gasteiger partial charge in [0.1, 0.15) is 0 Å². The van der Waals surface area contributed by atoms with E-state index in [1.165, 1.54) is 12.4 Å². The van der Waals surface area contributed by atoms with E-state index in [-0.39, 0.29) is 29.3 Å². The Morgan fingerprint density at radius 1 is 1.35 bits per heavy atom. The van der Waals surface area contributed by atoms with Gasteiger partial charge in [-0.2, -0.15) is 0 Å². The van der Waals surface area contributed by atoms with Gasteiger partial charge in [-0.05, 0) is 19.8 Å². The Hall–Kier alpha value is -2.18. The molecule has 1 aromatic heterocycles. The fourth-order valence-electron chi connectivity index (χ4n) is 2.24. The van der Waals surface area contributed by atoms with E-state index in [4.69, 9.17) is 10.5 Å². The van der Waals surface area contributed by atoms with Crippen molar-refractivity contribution in [3.8, 4) is 0 Å². The Bertz CT molecular complexity index is 498. The average Bonchev–Trinajstić information content (AvgIpc) is 2.47. The van der Waals surface area contributed by atoms with E-state index < -0.39 is 0 Å². The highest BCUT2D eigenvalue weighted by Gasteiger charge is 2.29. The Kier molecular flexibility index (Phi) is 4.49. The lowest BCUT2D eigenvalue weighted by Crippen LogP contribution is -2.41. The van der Waals surface area contributed by atoms with E-state index >= 15 is 0 Å². The summed E-state index contributed by atoms with van der Waals surface area (Å²) in [5.41, 5.74) is 5.82. The topological polar surface area (TPSA) is 98.4 Å². The van der Waals surface area contributed by atoms with Gasteiger partial charge in [0, 0.05) is 25.5 Å². The van der Waals surface area contributed by atoms with Gasteiger partial charge in [0.05, 0.1) is 12.5 Å². The molecule has 2 N–H and O–H groups in total. The molecule has 7 heteroatoms. The molecule has 0 aromatic carbocycles. The number of nitrogens with zero attached hydrogens (tertiary/aromatic N) is 3. The van der Waals surface area contributed by atoms with Gasteiger partial charge >= 0.3 is 5.97 Å². The van der Waals surface area contributed by atoms with Crippen LogP contribution >= 0.6 is 0 Å². The van der Waals surface area contributed by atoms with E-state index in [1.807, 2.05) is 0 Å². The molecule has 20 heavy (non-hydrogen) atoms. The smallest absolute Gasteiger partial charge is 0.309 e. The van der Waals surface area contributed by atoms with Gasteiger partial charge in [-0.25, -0.2) is 9.97 Å². The molecule has 0 spiro atoms. The maximum Gasteiger partial charge on any atom is 0.309 e. The predicted molar refractivity (Wildman–Crippen MR) is 71.7 cm³/mol. The molecule has 0 bridgehead atoms. The second kappa shape index (κ2) is 6.31. The zero-order valence-electron chi connectivity index (χ0n) is 11.4. The first-order chi connectivity index (χ1) is 9.63. The van der Waals surface area contributed by atoms with Gasteiger partial charge in [0.2, 0.25) is 0 Å². The van der Waals surface area contributed by atoms with Crippen molar-refractivity contribution >= 4 is 17.7 Å². The Morgan fingerprint density at radius 2 is 2.00 bits per heavy atom. The van der Waals surface area contributed by atoms with E-state index in [0.29, 0.717) is 32.5 Å². The lowest BCUT2D eigenvalue weighted by Gasteiger charge is -2.30. The van der Waals surface area contributed by atoms with Crippen molar-refractivity contribution in [1.29, 1.82) is 0 Å². The van der Waals surface area contributed by atoms with Crippen LogP contribution in [0.3, 0.4) is 0 Å². The third-order valence-electron chi connectivity index (χ3n) is 3.33. The minimum atomic E-state index is -0.238. The highest BCUT2D eigenvalue weighted by atomic mass is 16.5. The number of ether oxygens (including phenoxy) is 1. The van der Waals surface area contributed by atoms with Gasteiger partial charge in [0.25, 0.3) is 5.91 Å². The van der Waals surface area contributed by atoms with Crippen molar-refractivity contribution in [3.05, 3.63) is 18.1 Å². The summed E-state index contributed by atoms with van der Waals surface area (Å²) in [6.07, 6.45) is 4.09. The number of piperidine rings is 1. The van der Waals surface area contributed by atoms with Crippen molar-refractivity contribution in [1.82, 2.24) is 14.9 Å². The average molecular weight is 278 g/mol. The van der Waals surface area contributed by atoms with Gasteiger partial charge in [-0.3, -0.25) is 9.59 Å². The molecule has 0 unspecified atom stereocenters. The van der Waals surface area contributed by atoms with E-state index in [0.717, 1.165) is 0 Å². The van der Waals surface area contributed by atoms with Crippen LogP contribution in [0.15, 0.2) is 12.4 Å². The molecule has 2 heterocycles. The lowest BCUT2D eigenvalue weighted by atomic mass is 9.97. The summed E-state index contributed by atoms with van der Waals surface area (Å²) in [6, 6.07) is 0. The standard InChI is InChI=1S/C13H18N4O3/c1-2-20-13(19)9-3-7-17(8-4-9)12(18)10-11(14)16-6-5-15-10/h5-6,9H,2-4,7-8H2,1H3,(H2,14,16).